The molecule has 3 rings (SSSR count). The molecule has 3 aromatic rings. The number of fused-ring (bicyclic) bond motifs is 1. The number of H-pyrrole nitrogens is 1. The number of halogens is 1. The summed E-state index contributed by atoms with van der Waals surface area (Å²) in [5, 5.41) is 10.2. The van der Waals surface area contributed by atoms with Crippen molar-refractivity contribution in [3.05, 3.63) is 54.2 Å². The van der Waals surface area contributed by atoms with Crippen LogP contribution in [0.3, 0.4) is 0 Å². The number of para-hydroxylation sites is 1. The van der Waals surface area contributed by atoms with E-state index >= 15 is 0 Å². The Morgan fingerprint density at radius 3 is 3.00 bits per heavy atom. The van der Waals surface area contributed by atoms with Gasteiger partial charge in [-0.05, 0) is 18.2 Å². The van der Waals surface area contributed by atoms with Crippen molar-refractivity contribution in [1.29, 1.82) is 0 Å². The van der Waals surface area contributed by atoms with Crippen LogP contribution in [0, 0.1) is 5.95 Å². The van der Waals surface area contributed by atoms with Crippen LogP contribution < -0.4 is 5.32 Å². The molecule has 0 fully saturated rings. The van der Waals surface area contributed by atoms with Gasteiger partial charge in [0.2, 0.25) is 5.95 Å². The van der Waals surface area contributed by atoms with Gasteiger partial charge >= 0.3 is 0 Å². The number of aromatic nitrogens is 3. The van der Waals surface area contributed by atoms with Crippen molar-refractivity contribution in [2.75, 3.05) is 5.32 Å². The van der Waals surface area contributed by atoms with Crippen LogP contribution in [0.1, 0.15) is 10.4 Å². The van der Waals surface area contributed by atoms with Crippen LogP contribution in [0.4, 0.5) is 10.1 Å². The van der Waals surface area contributed by atoms with E-state index in [4.69, 9.17) is 0 Å². The number of nitrogens with zero attached hydrogens (tertiary/aromatic N) is 2. The van der Waals surface area contributed by atoms with Gasteiger partial charge in [0.1, 0.15) is 0 Å². The Hall–Kier alpha value is -2.76. The Labute approximate surface area is 107 Å². The summed E-state index contributed by atoms with van der Waals surface area (Å²) in [7, 11) is 0. The monoisotopic (exact) mass is 256 g/mol. The normalized spacial score (nSPS) is 10.6. The second-order valence-corrected chi connectivity index (χ2v) is 3.94. The number of pyridine rings is 1. The van der Waals surface area contributed by atoms with Gasteiger partial charge in [-0.3, -0.25) is 9.89 Å². The maximum absolute atomic E-state index is 13.4. The number of amides is 1. The first kappa shape index (κ1) is 11.3. The Morgan fingerprint density at radius 1 is 1.26 bits per heavy atom. The van der Waals surface area contributed by atoms with E-state index in [0.717, 1.165) is 5.39 Å². The van der Waals surface area contributed by atoms with Gasteiger partial charge in [-0.1, -0.05) is 12.1 Å². The Kier molecular flexibility index (Phi) is 2.68. The highest BCUT2D eigenvalue weighted by molar-refractivity contribution is 6.08. The zero-order chi connectivity index (χ0) is 13.2. The molecule has 94 valence electrons. The molecule has 1 aromatic carbocycles. The summed E-state index contributed by atoms with van der Waals surface area (Å²) in [5.74, 6) is -1.34. The molecule has 0 radical (unpaired) electrons. The van der Waals surface area contributed by atoms with Crippen LogP contribution in [-0.4, -0.2) is 21.1 Å². The van der Waals surface area contributed by atoms with E-state index in [9.17, 15) is 9.18 Å². The molecule has 5 nitrogen and oxygen atoms in total. The molecular weight excluding hydrogens is 247 g/mol. The molecular formula is C13H9FN4O. The van der Waals surface area contributed by atoms with Crippen molar-refractivity contribution < 1.29 is 9.18 Å². The quantitative estimate of drug-likeness (QED) is 0.691. The molecule has 0 atom stereocenters. The lowest BCUT2D eigenvalue weighted by Crippen LogP contribution is -2.14. The zero-order valence-corrected chi connectivity index (χ0v) is 9.72. The Morgan fingerprint density at radius 2 is 2.16 bits per heavy atom. The van der Waals surface area contributed by atoms with Gasteiger partial charge in [-0.25, -0.2) is 4.98 Å². The molecule has 0 aliphatic heterocycles. The lowest BCUT2D eigenvalue weighted by Gasteiger charge is -2.06. The van der Waals surface area contributed by atoms with Crippen LogP contribution >= 0.6 is 0 Å². The lowest BCUT2D eigenvalue weighted by atomic mass is 10.2. The first-order valence-electron chi connectivity index (χ1n) is 5.59. The predicted octanol–water partition coefficient (Wildman–Crippen LogP) is 2.35. The third-order valence-electron chi connectivity index (χ3n) is 2.73. The molecule has 1 amide bonds. The largest absolute Gasteiger partial charge is 0.320 e. The molecule has 0 aliphatic rings. The number of anilines is 1. The van der Waals surface area contributed by atoms with E-state index in [1.807, 2.05) is 6.07 Å². The highest BCUT2D eigenvalue weighted by Gasteiger charge is 2.13. The number of aromatic amines is 1. The van der Waals surface area contributed by atoms with E-state index in [0.29, 0.717) is 11.2 Å². The summed E-state index contributed by atoms with van der Waals surface area (Å²) in [6.07, 6.45) is 2.94. The molecule has 2 N–H and O–H groups in total. The molecule has 0 saturated heterocycles. The minimum Gasteiger partial charge on any atom is -0.320 e. The highest BCUT2D eigenvalue weighted by atomic mass is 19.1. The standard InChI is InChI=1S/C13H9FN4O/c14-12-9(4-2-6-15-12)13(19)17-10-5-1-3-8-7-16-18-11(8)10/h1-7H,(H,16,18)(H,17,19). The Bertz CT molecular complexity index is 753. The number of hydrogen-bond acceptors (Lipinski definition) is 3. The first-order valence-corrected chi connectivity index (χ1v) is 5.59. The van der Waals surface area contributed by atoms with E-state index in [1.54, 1.807) is 18.3 Å². The maximum atomic E-state index is 13.4. The minimum atomic E-state index is -0.795. The fourth-order valence-corrected chi connectivity index (χ4v) is 1.82. The van der Waals surface area contributed by atoms with Crippen LogP contribution in [0.2, 0.25) is 0 Å². The lowest BCUT2D eigenvalue weighted by molar-refractivity contribution is 0.102. The van der Waals surface area contributed by atoms with Gasteiger partial charge in [0.25, 0.3) is 5.91 Å². The first-order chi connectivity index (χ1) is 9.25. The van der Waals surface area contributed by atoms with Crippen molar-refractivity contribution in [2.24, 2.45) is 0 Å². The average molecular weight is 256 g/mol. The number of rotatable bonds is 2. The summed E-state index contributed by atoms with van der Waals surface area (Å²) < 4.78 is 13.4. The van der Waals surface area contributed by atoms with Crippen molar-refractivity contribution in [1.82, 2.24) is 15.2 Å². The van der Waals surface area contributed by atoms with Gasteiger partial charge in [-0.15, -0.1) is 0 Å². The molecule has 6 heteroatoms. The van der Waals surface area contributed by atoms with Gasteiger partial charge in [0.05, 0.1) is 23.0 Å². The van der Waals surface area contributed by atoms with E-state index in [1.165, 1.54) is 18.3 Å². The van der Waals surface area contributed by atoms with Gasteiger partial charge in [-0.2, -0.15) is 9.49 Å². The summed E-state index contributed by atoms with van der Waals surface area (Å²) in [4.78, 5) is 15.4. The van der Waals surface area contributed by atoms with Crippen LogP contribution in [-0.2, 0) is 0 Å². The van der Waals surface area contributed by atoms with Crippen LogP contribution in [0.15, 0.2) is 42.7 Å². The maximum Gasteiger partial charge on any atom is 0.260 e. The molecule has 0 unspecified atom stereocenters. The predicted molar refractivity (Wildman–Crippen MR) is 68.2 cm³/mol. The van der Waals surface area contributed by atoms with Gasteiger partial charge in [0, 0.05) is 11.6 Å². The van der Waals surface area contributed by atoms with Crippen molar-refractivity contribution in [2.45, 2.75) is 0 Å². The summed E-state index contributed by atoms with van der Waals surface area (Å²) >= 11 is 0. The summed E-state index contributed by atoms with van der Waals surface area (Å²) in [5.41, 5.74) is 1.14. The molecule has 0 bridgehead atoms. The van der Waals surface area contributed by atoms with Gasteiger partial charge < -0.3 is 5.32 Å². The fourth-order valence-electron chi connectivity index (χ4n) is 1.82. The van der Waals surface area contributed by atoms with Crippen molar-refractivity contribution in [3.63, 3.8) is 0 Å². The summed E-state index contributed by atoms with van der Waals surface area (Å²) in [6, 6.07) is 8.25. The zero-order valence-electron chi connectivity index (χ0n) is 9.72. The van der Waals surface area contributed by atoms with Crippen LogP contribution in [0.25, 0.3) is 10.9 Å². The number of benzene rings is 1. The second kappa shape index (κ2) is 4.49. The fraction of sp³-hybridized carbons (Fsp3) is 0. The number of carbonyl (C=O) groups is 1. The molecule has 0 aliphatic carbocycles. The van der Waals surface area contributed by atoms with Gasteiger partial charge in [0.15, 0.2) is 0 Å². The molecule has 0 spiro atoms. The molecule has 2 aromatic heterocycles. The van der Waals surface area contributed by atoms with Crippen LogP contribution in [0.5, 0.6) is 0 Å². The van der Waals surface area contributed by atoms with E-state index in [2.05, 4.69) is 20.5 Å². The molecule has 2 heterocycles. The van der Waals surface area contributed by atoms with E-state index < -0.39 is 11.9 Å². The Balaban J connectivity index is 1.95. The van der Waals surface area contributed by atoms with Crippen molar-refractivity contribution >= 4 is 22.5 Å². The highest BCUT2D eigenvalue weighted by Crippen LogP contribution is 2.21. The average Bonchev–Trinajstić information content (AvgIpc) is 2.88. The van der Waals surface area contributed by atoms with Crippen molar-refractivity contribution in [3.8, 4) is 0 Å². The second-order valence-electron chi connectivity index (χ2n) is 3.94. The smallest absolute Gasteiger partial charge is 0.260 e. The van der Waals surface area contributed by atoms with E-state index in [-0.39, 0.29) is 5.56 Å². The minimum absolute atomic E-state index is 0.0981. The number of carbonyl (C=O) groups excluding carboxylic acids is 1. The topological polar surface area (TPSA) is 70.7 Å². The third-order valence-corrected chi connectivity index (χ3v) is 2.73. The molecule has 19 heavy (non-hydrogen) atoms. The SMILES string of the molecule is O=C(Nc1cccc2cn[nH]c12)c1cccnc1F. The summed E-state index contributed by atoms with van der Waals surface area (Å²) in [6.45, 7) is 0. The number of nitrogens with one attached hydrogen (secondary N) is 2. The molecule has 0 saturated carbocycles. The third kappa shape index (κ3) is 2.03. The number of hydrogen-bond donors (Lipinski definition) is 2.